The maximum atomic E-state index is 11.8. The molecule has 2 amide bonds. The van der Waals surface area contributed by atoms with Crippen molar-refractivity contribution in [2.24, 2.45) is 0 Å². The third-order valence-electron chi connectivity index (χ3n) is 3.59. The average molecular weight is 337 g/mol. The normalized spacial score (nSPS) is 13.0. The minimum absolute atomic E-state index is 0.0427. The zero-order valence-electron chi connectivity index (χ0n) is 13.4. The van der Waals surface area contributed by atoms with Gasteiger partial charge < -0.3 is 15.6 Å². The average Bonchev–Trinajstić information content (AvgIpc) is 2.89. The number of nitrogens with one attached hydrogen (secondary N) is 3. The monoisotopic (exact) mass is 337 g/mol. The summed E-state index contributed by atoms with van der Waals surface area (Å²) in [7, 11) is -3.09. The van der Waals surface area contributed by atoms with Crippen LogP contribution in [0.15, 0.2) is 30.3 Å². The second-order valence-corrected chi connectivity index (χ2v) is 8.03. The Balaban J connectivity index is 1.76. The molecular weight excluding hydrogens is 314 g/mol. The number of H-pyrrole nitrogens is 1. The van der Waals surface area contributed by atoms with Crippen LogP contribution in [0.3, 0.4) is 0 Å². The number of amides is 2. The van der Waals surface area contributed by atoms with Gasteiger partial charge in [-0.25, -0.2) is 13.2 Å². The Labute approximate surface area is 136 Å². The molecule has 23 heavy (non-hydrogen) atoms. The Morgan fingerprint density at radius 1 is 1.30 bits per heavy atom. The largest absolute Gasteiger partial charge is 0.358 e. The minimum atomic E-state index is -3.09. The van der Waals surface area contributed by atoms with Crippen LogP contribution in [0, 0.1) is 0 Å². The number of para-hydroxylation sites is 1. The van der Waals surface area contributed by atoms with Crippen LogP contribution in [0.1, 0.15) is 19.5 Å². The van der Waals surface area contributed by atoms with Crippen LogP contribution in [0.5, 0.6) is 0 Å². The van der Waals surface area contributed by atoms with E-state index in [1.165, 1.54) is 0 Å². The predicted octanol–water partition coefficient (Wildman–Crippen LogP) is 1.83. The van der Waals surface area contributed by atoms with Crippen LogP contribution in [0.4, 0.5) is 4.79 Å². The molecule has 0 aliphatic rings. The quantitative estimate of drug-likeness (QED) is 0.720. The third kappa shape index (κ3) is 5.28. The summed E-state index contributed by atoms with van der Waals surface area (Å²) in [4.78, 5) is 15.1. The molecule has 0 radical (unpaired) electrons. The molecule has 6 nitrogen and oxygen atoms in total. The molecule has 1 atom stereocenters. The van der Waals surface area contributed by atoms with E-state index in [1.54, 1.807) is 13.8 Å². The number of aromatic amines is 1. The number of carbonyl (C=O) groups is 1. The highest BCUT2D eigenvalue weighted by Crippen LogP contribution is 2.14. The number of fused-ring (bicyclic) bond motifs is 1. The van der Waals surface area contributed by atoms with Gasteiger partial charge in [0.25, 0.3) is 0 Å². The summed E-state index contributed by atoms with van der Waals surface area (Å²) >= 11 is 0. The van der Waals surface area contributed by atoms with Crippen LogP contribution in [-0.4, -0.2) is 43.5 Å². The van der Waals surface area contributed by atoms with E-state index < -0.39 is 15.9 Å². The second-order valence-electron chi connectivity index (χ2n) is 5.63. The summed E-state index contributed by atoms with van der Waals surface area (Å²) in [5.41, 5.74) is 2.12. The summed E-state index contributed by atoms with van der Waals surface area (Å²) < 4.78 is 23.0. The first kappa shape index (κ1) is 17.3. The van der Waals surface area contributed by atoms with Gasteiger partial charge in [-0.3, -0.25) is 0 Å². The molecule has 0 aliphatic carbocycles. The fraction of sp³-hybridized carbons (Fsp3) is 0.438. The fourth-order valence-electron chi connectivity index (χ4n) is 2.39. The van der Waals surface area contributed by atoms with Gasteiger partial charge in [0.05, 0.1) is 5.75 Å². The van der Waals surface area contributed by atoms with Crippen LogP contribution in [0.2, 0.25) is 0 Å². The molecule has 0 aliphatic heterocycles. The van der Waals surface area contributed by atoms with Gasteiger partial charge in [-0.15, -0.1) is 0 Å². The molecule has 7 heteroatoms. The van der Waals surface area contributed by atoms with Crippen molar-refractivity contribution in [3.63, 3.8) is 0 Å². The highest BCUT2D eigenvalue weighted by molar-refractivity contribution is 7.91. The van der Waals surface area contributed by atoms with Crippen LogP contribution in [0.25, 0.3) is 10.9 Å². The van der Waals surface area contributed by atoms with Gasteiger partial charge in [-0.1, -0.05) is 25.1 Å². The van der Waals surface area contributed by atoms with E-state index in [4.69, 9.17) is 0 Å². The molecular formula is C16H23N3O3S. The molecule has 0 saturated heterocycles. The molecule has 0 unspecified atom stereocenters. The van der Waals surface area contributed by atoms with Crippen LogP contribution < -0.4 is 10.6 Å². The van der Waals surface area contributed by atoms with E-state index in [0.717, 1.165) is 16.6 Å². The zero-order valence-corrected chi connectivity index (χ0v) is 14.2. The van der Waals surface area contributed by atoms with Crippen molar-refractivity contribution in [2.75, 3.05) is 18.1 Å². The van der Waals surface area contributed by atoms with Crippen LogP contribution in [-0.2, 0) is 16.3 Å². The van der Waals surface area contributed by atoms with Crippen molar-refractivity contribution in [1.29, 1.82) is 0 Å². The summed E-state index contributed by atoms with van der Waals surface area (Å²) in [5, 5.41) is 6.53. The molecule has 0 fully saturated rings. The Hall–Kier alpha value is -2.02. The number of urea groups is 1. The molecule has 2 aromatic rings. The lowest BCUT2D eigenvalue weighted by Gasteiger charge is -2.14. The van der Waals surface area contributed by atoms with Crippen molar-refractivity contribution in [3.8, 4) is 0 Å². The number of aromatic nitrogens is 1. The van der Waals surface area contributed by atoms with E-state index in [0.29, 0.717) is 13.0 Å². The molecule has 0 saturated carbocycles. The number of benzene rings is 1. The van der Waals surface area contributed by atoms with Gasteiger partial charge >= 0.3 is 6.03 Å². The standard InChI is InChI=1S/C16H23N3O3S/c1-3-23(21,22)11-12(2)18-16(20)17-9-8-14-10-13-6-4-5-7-15(13)19-14/h4-7,10,12,19H,3,8-9,11H2,1-2H3,(H2,17,18,20)/t12-/m0/s1. The van der Waals surface area contributed by atoms with E-state index in [-0.39, 0.29) is 17.5 Å². The Morgan fingerprint density at radius 2 is 2.04 bits per heavy atom. The topological polar surface area (TPSA) is 91.1 Å². The molecule has 2 rings (SSSR count). The number of hydrogen-bond acceptors (Lipinski definition) is 3. The number of carbonyl (C=O) groups excluding carboxylic acids is 1. The Morgan fingerprint density at radius 3 is 2.74 bits per heavy atom. The summed E-state index contributed by atoms with van der Waals surface area (Å²) in [6, 6.07) is 9.30. The zero-order chi connectivity index (χ0) is 16.9. The SMILES string of the molecule is CCS(=O)(=O)C[C@H](C)NC(=O)NCCc1cc2ccccc2[nH]1. The predicted molar refractivity (Wildman–Crippen MR) is 92.3 cm³/mol. The van der Waals surface area contributed by atoms with Crippen LogP contribution >= 0.6 is 0 Å². The summed E-state index contributed by atoms with van der Waals surface area (Å²) in [6.45, 7) is 3.76. The van der Waals surface area contributed by atoms with E-state index >= 15 is 0 Å². The van der Waals surface area contributed by atoms with E-state index in [9.17, 15) is 13.2 Å². The van der Waals surface area contributed by atoms with Crippen molar-refractivity contribution < 1.29 is 13.2 Å². The minimum Gasteiger partial charge on any atom is -0.358 e. The molecule has 0 bridgehead atoms. The lowest BCUT2D eigenvalue weighted by molar-refractivity contribution is 0.239. The molecule has 3 N–H and O–H groups in total. The number of sulfone groups is 1. The molecule has 1 aromatic carbocycles. The lowest BCUT2D eigenvalue weighted by atomic mass is 10.2. The third-order valence-corrected chi connectivity index (χ3v) is 5.47. The van der Waals surface area contributed by atoms with Crippen molar-refractivity contribution in [1.82, 2.24) is 15.6 Å². The van der Waals surface area contributed by atoms with Gasteiger partial charge in [0.2, 0.25) is 0 Å². The molecule has 126 valence electrons. The lowest BCUT2D eigenvalue weighted by Crippen LogP contribution is -2.44. The van der Waals surface area contributed by atoms with Gasteiger partial charge in [0.15, 0.2) is 9.84 Å². The number of hydrogen-bond donors (Lipinski definition) is 3. The maximum absolute atomic E-state index is 11.8. The Bertz CT molecular complexity index is 735. The maximum Gasteiger partial charge on any atom is 0.315 e. The van der Waals surface area contributed by atoms with Gasteiger partial charge in [0.1, 0.15) is 0 Å². The van der Waals surface area contributed by atoms with Gasteiger partial charge in [-0.05, 0) is 24.4 Å². The van der Waals surface area contributed by atoms with E-state index in [1.807, 2.05) is 24.3 Å². The second kappa shape index (κ2) is 7.50. The van der Waals surface area contributed by atoms with Crippen molar-refractivity contribution in [2.45, 2.75) is 26.3 Å². The number of rotatable bonds is 7. The first-order valence-electron chi connectivity index (χ1n) is 7.71. The first-order valence-corrected chi connectivity index (χ1v) is 9.53. The first-order chi connectivity index (χ1) is 10.9. The molecule has 1 heterocycles. The fourth-order valence-corrected chi connectivity index (χ4v) is 3.47. The summed E-state index contributed by atoms with van der Waals surface area (Å²) in [6.07, 6.45) is 0.684. The van der Waals surface area contributed by atoms with Crippen molar-refractivity contribution in [3.05, 3.63) is 36.0 Å². The van der Waals surface area contributed by atoms with Gasteiger partial charge in [-0.2, -0.15) is 0 Å². The highest BCUT2D eigenvalue weighted by Gasteiger charge is 2.15. The Kier molecular flexibility index (Phi) is 5.65. The van der Waals surface area contributed by atoms with E-state index in [2.05, 4.69) is 21.7 Å². The highest BCUT2D eigenvalue weighted by atomic mass is 32.2. The molecule has 1 aromatic heterocycles. The molecule has 0 spiro atoms. The van der Waals surface area contributed by atoms with Crippen molar-refractivity contribution >= 4 is 26.8 Å². The van der Waals surface area contributed by atoms with Gasteiger partial charge in [0, 0.05) is 36.0 Å². The summed E-state index contributed by atoms with van der Waals surface area (Å²) in [5.74, 6) is 0.0416. The smallest absolute Gasteiger partial charge is 0.315 e.